The van der Waals surface area contributed by atoms with Crippen LogP contribution in [-0.4, -0.2) is 35.0 Å². The van der Waals surface area contributed by atoms with Crippen molar-refractivity contribution >= 4 is 5.97 Å². The van der Waals surface area contributed by atoms with Gasteiger partial charge in [0.1, 0.15) is 0 Å². The van der Waals surface area contributed by atoms with Crippen molar-refractivity contribution < 1.29 is 19.7 Å². The van der Waals surface area contributed by atoms with Crippen molar-refractivity contribution in [3.63, 3.8) is 0 Å². The zero-order chi connectivity index (χ0) is 20.9. The van der Waals surface area contributed by atoms with Crippen LogP contribution in [-0.2, 0) is 9.53 Å². The molecule has 0 rings (SSSR count). The van der Waals surface area contributed by atoms with Gasteiger partial charge in [-0.2, -0.15) is 0 Å². The summed E-state index contributed by atoms with van der Waals surface area (Å²) >= 11 is 0. The maximum atomic E-state index is 11.2. The summed E-state index contributed by atoms with van der Waals surface area (Å²) in [6, 6.07) is 0. The van der Waals surface area contributed by atoms with Crippen molar-refractivity contribution in [2.24, 2.45) is 0 Å². The third-order valence-electron chi connectivity index (χ3n) is 3.88. The Morgan fingerprint density at radius 1 is 0.821 bits per heavy atom. The molecule has 4 heteroatoms. The monoisotopic (exact) mass is 390 g/mol. The molecule has 0 aliphatic rings. The maximum Gasteiger partial charge on any atom is 0.306 e. The highest BCUT2D eigenvalue weighted by Crippen LogP contribution is 2.03. The Morgan fingerprint density at radius 3 is 1.93 bits per heavy atom. The number of hydrogen-bond acceptors (Lipinski definition) is 4. The molecule has 0 radical (unpaired) electrons. The van der Waals surface area contributed by atoms with Gasteiger partial charge in [0, 0.05) is 6.42 Å². The van der Waals surface area contributed by atoms with Crippen LogP contribution in [0.5, 0.6) is 0 Å². The molecule has 0 saturated heterocycles. The predicted molar refractivity (Wildman–Crippen MR) is 117 cm³/mol. The normalized spacial score (nSPS) is 14.9. The quantitative estimate of drug-likeness (QED) is 0.165. The van der Waals surface area contributed by atoms with Crippen molar-refractivity contribution in [2.45, 2.75) is 77.4 Å². The highest BCUT2D eigenvalue weighted by molar-refractivity contribution is 5.69. The summed E-state index contributed by atoms with van der Waals surface area (Å²) in [5, 5.41) is 19.7. The van der Waals surface area contributed by atoms with E-state index >= 15 is 0 Å². The van der Waals surface area contributed by atoms with Crippen molar-refractivity contribution in [2.75, 3.05) is 6.61 Å². The van der Waals surface area contributed by atoms with E-state index in [2.05, 4.69) is 13.0 Å². The molecule has 0 fully saturated rings. The topological polar surface area (TPSA) is 66.8 Å². The summed E-state index contributed by atoms with van der Waals surface area (Å²) in [5.74, 6) is -0.195. The van der Waals surface area contributed by atoms with Gasteiger partial charge in [-0.25, -0.2) is 0 Å². The van der Waals surface area contributed by atoms with E-state index in [0.29, 0.717) is 32.3 Å². The first-order valence-corrected chi connectivity index (χ1v) is 10.4. The van der Waals surface area contributed by atoms with Gasteiger partial charge in [-0.1, -0.05) is 80.5 Å². The summed E-state index contributed by atoms with van der Waals surface area (Å²) in [7, 11) is 0. The number of esters is 1. The minimum atomic E-state index is -0.559. The number of ether oxygens (including phenoxy) is 1. The average Bonchev–Trinajstić information content (AvgIpc) is 2.67. The summed E-state index contributed by atoms with van der Waals surface area (Å²) in [6.07, 6.45) is 24.5. The molecule has 2 N–H and O–H groups in total. The Balaban J connectivity index is 3.87. The van der Waals surface area contributed by atoms with Gasteiger partial charge in [0.15, 0.2) is 0 Å². The van der Waals surface area contributed by atoms with Crippen LogP contribution in [0.15, 0.2) is 60.8 Å². The van der Waals surface area contributed by atoms with Crippen LogP contribution in [0.4, 0.5) is 0 Å². The molecular formula is C24H38O4. The number of aliphatic hydroxyl groups is 2. The molecule has 4 nitrogen and oxygen atoms in total. The van der Waals surface area contributed by atoms with Crippen LogP contribution in [0.3, 0.4) is 0 Å². The van der Waals surface area contributed by atoms with Gasteiger partial charge in [0.2, 0.25) is 0 Å². The van der Waals surface area contributed by atoms with E-state index in [4.69, 9.17) is 4.74 Å². The molecule has 0 aromatic rings. The minimum absolute atomic E-state index is 0.195. The lowest BCUT2D eigenvalue weighted by Gasteiger charge is -2.00. The Bertz CT molecular complexity index is 515. The minimum Gasteiger partial charge on any atom is -0.466 e. The Labute approximate surface area is 171 Å². The van der Waals surface area contributed by atoms with Gasteiger partial charge >= 0.3 is 5.97 Å². The van der Waals surface area contributed by atoms with E-state index in [1.807, 2.05) is 36.5 Å². The van der Waals surface area contributed by atoms with Gasteiger partial charge in [-0.05, 0) is 39.0 Å². The van der Waals surface area contributed by atoms with Gasteiger partial charge in [-0.15, -0.1) is 0 Å². The van der Waals surface area contributed by atoms with E-state index in [9.17, 15) is 15.0 Å². The van der Waals surface area contributed by atoms with Crippen molar-refractivity contribution in [1.29, 1.82) is 0 Å². The highest BCUT2D eigenvalue weighted by Gasteiger charge is 1.98. The summed E-state index contributed by atoms with van der Waals surface area (Å²) < 4.78 is 4.84. The smallest absolute Gasteiger partial charge is 0.306 e. The lowest BCUT2D eigenvalue weighted by atomic mass is 10.1. The van der Waals surface area contributed by atoms with Gasteiger partial charge in [-0.3, -0.25) is 4.79 Å². The van der Waals surface area contributed by atoms with E-state index < -0.39 is 12.2 Å². The number of allylic oxidation sites excluding steroid dienone is 6. The van der Waals surface area contributed by atoms with Gasteiger partial charge in [0.05, 0.1) is 18.8 Å². The maximum absolute atomic E-state index is 11.2. The van der Waals surface area contributed by atoms with Crippen LogP contribution < -0.4 is 0 Å². The molecule has 0 bridgehead atoms. The summed E-state index contributed by atoms with van der Waals surface area (Å²) in [5.41, 5.74) is 0. The number of rotatable bonds is 16. The molecule has 0 amide bonds. The Morgan fingerprint density at radius 2 is 1.39 bits per heavy atom. The standard InChI is InChI=1S/C24H38O4/c1-3-5-6-7-8-12-17-22(25)18-13-9-10-14-19-23(26)20-15-11-16-21-24(27)28-4-2/h8-15,18-19,22-23,25-26H,3-7,16-17,20-21H2,1-2H3/b10-9-,12-8-,15-11-,18-13-,19-14+. The fraction of sp³-hybridized carbons (Fsp3) is 0.542. The second-order valence-corrected chi connectivity index (χ2v) is 6.54. The molecule has 28 heavy (non-hydrogen) atoms. The van der Waals surface area contributed by atoms with E-state index in [1.54, 1.807) is 25.2 Å². The molecule has 0 heterocycles. The van der Waals surface area contributed by atoms with E-state index in [1.165, 1.54) is 19.3 Å². The number of aliphatic hydroxyl groups excluding tert-OH is 2. The number of hydrogen-bond donors (Lipinski definition) is 2. The highest BCUT2D eigenvalue weighted by atomic mass is 16.5. The Hall–Kier alpha value is -1.91. The molecule has 2 unspecified atom stereocenters. The first-order chi connectivity index (χ1) is 13.6. The molecule has 0 aromatic heterocycles. The molecule has 0 aliphatic carbocycles. The molecule has 158 valence electrons. The SMILES string of the molecule is CCCCC/C=C\CC(O)\C=C/C=C\C=C\C(O)C/C=C\CCC(=O)OCC. The zero-order valence-corrected chi connectivity index (χ0v) is 17.5. The lowest BCUT2D eigenvalue weighted by Crippen LogP contribution is -2.02. The fourth-order valence-electron chi connectivity index (χ4n) is 2.32. The van der Waals surface area contributed by atoms with Crippen molar-refractivity contribution in [3.05, 3.63) is 60.8 Å². The average molecular weight is 391 g/mol. The van der Waals surface area contributed by atoms with Crippen LogP contribution in [0.25, 0.3) is 0 Å². The second-order valence-electron chi connectivity index (χ2n) is 6.54. The van der Waals surface area contributed by atoms with Gasteiger partial charge < -0.3 is 14.9 Å². The molecular weight excluding hydrogens is 352 g/mol. The third-order valence-corrected chi connectivity index (χ3v) is 3.88. The molecule has 2 atom stereocenters. The zero-order valence-electron chi connectivity index (χ0n) is 17.5. The van der Waals surface area contributed by atoms with Crippen LogP contribution >= 0.6 is 0 Å². The molecule has 0 saturated carbocycles. The van der Waals surface area contributed by atoms with E-state index in [0.717, 1.165) is 6.42 Å². The third kappa shape index (κ3) is 18.9. The first-order valence-electron chi connectivity index (χ1n) is 10.4. The second kappa shape index (κ2) is 19.8. The fourth-order valence-corrected chi connectivity index (χ4v) is 2.32. The molecule has 0 aliphatic heterocycles. The number of carbonyl (C=O) groups excluding carboxylic acids is 1. The lowest BCUT2D eigenvalue weighted by molar-refractivity contribution is -0.143. The summed E-state index contributed by atoms with van der Waals surface area (Å²) in [6.45, 7) is 4.38. The first kappa shape index (κ1) is 26.1. The molecule has 0 spiro atoms. The number of unbranched alkanes of at least 4 members (excludes halogenated alkanes) is 3. The van der Waals surface area contributed by atoms with Crippen molar-refractivity contribution in [3.8, 4) is 0 Å². The van der Waals surface area contributed by atoms with Crippen molar-refractivity contribution in [1.82, 2.24) is 0 Å². The molecule has 0 aromatic carbocycles. The van der Waals surface area contributed by atoms with Crippen LogP contribution in [0.2, 0.25) is 0 Å². The summed E-state index contributed by atoms with van der Waals surface area (Å²) in [4.78, 5) is 11.2. The Kier molecular flexibility index (Phi) is 18.5. The van der Waals surface area contributed by atoms with Crippen LogP contribution in [0.1, 0.15) is 65.2 Å². The van der Waals surface area contributed by atoms with E-state index in [-0.39, 0.29) is 5.97 Å². The predicted octanol–water partition coefficient (Wildman–Crippen LogP) is 5.19. The van der Waals surface area contributed by atoms with Crippen LogP contribution in [0, 0.1) is 0 Å². The largest absolute Gasteiger partial charge is 0.466 e. The van der Waals surface area contributed by atoms with Gasteiger partial charge in [0.25, 0.3) is 0 Å². The number of carbonyl (C=O) groups is 1.